The second-order valence-electron chi connectivity index (χ2n) is 8.50. The van der Waals surface area contributed by atoms with E-state index in [1.165, 1.54) is 24.3 Å². The van der Waals surface area contributed by atoms with E-state index in [-0.39, 0.29) is 36.6 Å². The zero-order chi connectivity index (χ0) is 21.5. The maximum atomic E-state index is 13.1. The molecule has 0 aliphatic carbocycles. The molecule has 5 rings (SSSR count). The summed E-state index contributed by atoms with van der Waals surface area (Å²) in [6, 6.07) is 15.6. The maximum absolute atomic E-state index is 13.1. The highest BCUT2D eigenvalue weighted by molar-refractivity contribution is 5.90. The van der Waals surface area contributed by atoms with Crippen LogP contribution in [-0.2, 0) is 19.0 Å². The summed E-state index contributed by atoms with van der Waals surface area (Å²) in [5, 5.41) is 9.39. The van der Waals surface area contributed by atoms with E-state index in [4.69, 9.17) is 14.2 Å². The summed E-state index contributed by atoms with van der Waals surface area (Å²) < 4.78 is 17.1. The first-order valence-electron chi connectivity index (χ1n) is 10.6. The van der Waals surface area contributed by atoms with Gasteiger partial charge in [-0.2, -0.15) is 0 Å². The number of phenolic OH excluding ortho intramolecular Hbond substituents is 1. The summed E-state index contributed by atoms with van der Waals surface area (Å²) >= 11 is 0. The summed E-state index contributed by atoms with van der Waals surface area (Å²) in [6.45, 7) is -0.115. The smallest absolute Gasteiger partial charge is 0.338 e. The zero-order valence-corrected chi connectivity index (χ0v) is 17.2. The average Bonchev–Trinajstić information content (AvgIpc) is 3.53. The van der Waals surface area contributed by atoms with Crippen LogP contribution in [0.5, 0.6) is 5.75 Å². The highest BCUT2D eigenvalue weighted by Gasteiger charge is 2.62. The highest BCUT2D eigenvalue weighted by Crippen LogP contribution is 2.48. The molecule has 162 valence electrons. The van der Waals surface area contributed by atoms with Crippen LogP contribution in [0.15, 0.2) is 54.6 Å². The molecule has 2 aromatic carbocycles. The fourth-order valence-electron chi connectivity index (χ4n) is 4.87. The molecule has 3 heterocycles. The topological polar surface area (TPSA) is 88.6 Å². The molecular formula is C24H25NO6. The molecule has 3 aliphatic heterocycles. The Bertz CT molecular complexity index is 944. The number of aromatic hydroxyl groups is 1. The average molecular weight is 423 g/mol. The molecule has 0 radical (unpaired) electrons. The Morgan fingerprint density at radius 3 is 2.35 bits per heavy atom. The van der Waals surface area contributed by atoms with Crippen LogP contribution in [0.3, 0.4) is 0 Å². The van der Waals surface area contributed by atoms with Crippen molar-refractivity contribution in [2.75, 3.05) is 13.7 Å². The normalized spacial score (nSPS) is 29.6. The lowest BCUT2D eigenvalue weighted by Crippen LogP contribution is -2.48. The summed E-state index contributed by atoms with van der Waals surface area (Å²) in [5.74, 6) is -1.57. The van der Waals surface area contributed by atoms with Gasteiger partial charge in [-0.05, 0) is 36.9 Å². The molecule has 2 bridgehead atoms. The first-order chi connectivity index (χ1) is 15.0. The molecule has 3 saturated heterocycles. The lowest BCUT2D eigenvalue weighted by molar-refractivity contribution is -0.156. The number of ether oxygens (including phenoxy) is 3. The first-order valence-corrected chi connectivity index (χ1v) is 10.6. The monoisotopic (exact) mass is 423 g/mol. The maximum Gasteiger partial charge on any atom is 0.338 e. The second-order valence-corrected chi connectivity index (χ2v) is 8.50. The van der Waals surface area contributed by atoms with E-state index in [1.54, 1.807) is 0 Å². The number of carbonyl (C=O) groups excluding carboxylic acids is 2. The Hall–Kier alpha value is -2.90. The van der Waals surface area contributed by atoms with Crippen LogP contribution in [-0.4, -0.2) is 66.0 Å². The SMILES string of the molecule is CN1[C@@H]2C[C@@H](OC(=O)[C@H](COC(=O)c3ccc(O)cc3)c3ccccc3)C[C@H]1[C@@H]1O[C@@H]12. The molecule has 7 nitrogen and oxygen atoms in total. The number of phenols is 1. The second kappa shape index (κ2) is 7.98. The first kappa shape index (κ1) is 20.0. The number of hydrogen-bond acceptors (Lipinski definition) is 7. The number of carbonyl (C=O) groups is 2. The standard InChI is InChI=1S/C24H25NO6/c1-25-19-11-17(12-20(25)22-21(19)31-22)30-24(28)18(14-5-3-2-4-6-14)13-29-23(27)15-7-9-16(26)10-8-15/h2-10,17-22,26H,11-13H2,1H3/t17-,18-,19-,20+,21-,22+/m1/s1. The molecule has 0 saturated carbocycles. The van der Waals surface area contributed by atoms with E-state index in [0.717, 1.165) is 18.4 Å². The molecule has 7 heteroatoms. The van der Waals surface area contributed by atoms with Crippen molar-refractivity contribution >= 4 is 11.9 Å². The lowest BCUT2D eigenvalue weighted by atomic mass is 9.97. The molecule has 0 amide bonds. The van der Waals surface area contributed by atoms with Crippen molar-refractivity contribution in [2.24, 2.45) is 0 Å². The van der Waals surface area contributed by atoms with Crippen molar-refractivity contribution in [3.63, 3.8) is 0 Å². The summed E-state index contributed by atoms with van der Waals surface area (Å²) in [7, 11) is 2.11. The van der Waals surface area contributed by atoms with E-state index >= 15 is 0 Å². The number of rotatable bonds is 6. The fourth-order valence-corrected chi connectivity index (χ4v) is 4.87. The van der Waals surface area contributed by atoms with Crippen LogP contribution in [0.25, 0.3) is 0 Å². The number of benzene rings is 2. The van der Waals surface area contributed by atoms with Crippen LogP contribution in [0.1, 0.15) is 34.7 Å². The number of piperidine rings is 1. The third kappa shape index (κ3) is 3.91. The number of morpholine rings is 1. The molecule has 1 N–H and O–H groups in total. The predicted molar refractivity (Wildman–Crippen MR) is 111 cm³/mol. The van der Waals surface area contributed by atoms with Gasteiger partial charge in [0.05, 0.1) is 5.56 Å². The van der Waals surface area contributed by atoms with Gasteiger partial charge in [0.25, 0.3) is 0 Å². The number of likely N-dealkylation sites (N-methyl/N-ethyl adjacent to an activating group) is 1. The number of hydrogen-bond donors (Lipinski definition) is 1. The number of epoxide rings is 1. The third-order valence-corrected chi connectivity index (χ3v) is 6.63. The summed E-state index contributed by atoms with van der Waals surface area (Å²) in [6.07, 6.45) is 1.91. The van der Waals surface area contributed by atoms with Gasteiger partial charge in [-0.15, -0.1) is 0 Å². The van der Waals surface area contributed by atoms with E-state index in [9.17, 15) is 14.7 Å². The van der Waals surface area contributed by atoms with Gasteiger partial charge in [0.1, 0.15) is 36.6 Å². The summed E-state index contributed by atoms with van der Waals surface area (Å²) in [5.41, 5.74) is 1.05. The van der Waals surface area contributed by atoms with Crippen LogP contribution in [0.2, 0.25) is 0 Å². The van der Waals surface area contributed by atoms with Crippen LogP contribution in [0.4, 0.5) is 0 Å². The van der Waals surface area contributed by atoms with Gasteiger partial charge in [-0.25, -0.2) is 4.79 Å². The molecule has 3 aliphatic rings. The minimum Gasteiger partial charge on any atom is -0.508 e. The molecule has 3 fully saturated rings. The molecule has 0 spiro atoms. The molecule has 0 aromatic heterocycles. The van der Waals surface area contributed by atoms with E-state index in [2.05, 4.69) is 11.9 Å². The van der Waals surface area contributed by atoms with Crippen molar-refractivity contribution in [3.05, 3.63) is 65.7 Å². The summed E-state index contributed by atoms with van der Waals surface area (Å²) in [4.78, 5) is 27.9. The van der Waals surface area contributed by atoms with Gasteiger partial charge in [0.2, 0.25) is 0 Å². The minimum absolute atomic E-state index is 0.0671. The minimum atomic E-state index is -0.703. The van der Waals surface area contributed by atoms with Gasteiger partial charge in [0.15, 0.2) is 0 Å². The number of nitrogens with zero attached hydrogens (tertiary/aromatic N) is 1. The van der Waals surface area contributed by atoms with Crippen molar-refractivity contribution in [3.8, 4) is 5.75 Å². The van der Waals surface area contributed by atoms with Crippen molar-refractivity contribution < 1.29 is 28.9 Å². The van der Waals surface area contributed by atoms with Gasteiger partial charge in [0, 0.05) is 24.9 Å². The Balaban J connectivity index is 1.26. The van der Waals surface area contributed by atoms with Gasteiger partial charge in [-0.1, -0.05) is 30.3 Å². The highest BCUT2D eigenvalue weighted by atomic mass is 16.6. The van der Waals surface area contributed by atoms with E-state index in [0.29, 0.717) is 17.6 Å². The van der Waals surface area contributed by atoms with Crippen molar-refractivity contribution in [1.29, 1.82) is 0 Å². The predicted octanol–water partition coefficient (Wildman–Crippen LogP) is 2.49. The van der Waals surface area contributed by atoms with Gasteiger partial charge in [-0.3, -0.25) is 9.69 Å². The molecule has 0 unspecified atom stereocenters. The fraction of sp³-hybridized carbons (Fsp3) is 0.417. The number of esters is 2. The van der Waals surface area contributed by atoms with Crippen molar-refractivity contribution in [2.45, 2.75) is 49.2 Å². The Morgan fingerprint density at radius 1 is 1.06 bits per heavy atom. The zero-order valence-electron chi connectivity index (χ0n) is 17.2. The van der Waals surface area contributed by atoms with E-state index in [1.807, 2.05) is 30.3 Å². The van der Waals surface area contributed by atoms with E-state index < -0.39 is 11.9 Å². The van der Waals surface area contributed by atoms with Crippen LogP contribution >= 0.6 is 0 Å². The molecule has 6 atom stereocenters. The number of fused-ring (bicyclic) bond motifs is 5. The Morgan fingerprint density at radius 2 is 1.71 bits per heavy atom. The van der Waals surface area contributed by atoms with Crippen LogP contribution < -0.4 is 0 Å². The Kier molecular flexibility index (Phi) is 5.16. The Labute approximate surface area is 180 Å². The quantitative estimate of drug-likeness (QED) is 0.564. The van der Waals surface area contributed by atoms with Gasteiger partial charge < -0.3 is 19.3 Å². The third-order valence-electron chi connectivity index (χ3n) is 6.63. The molecule has 2 aromatic rings. The molecule has 31 heavy (non-hydrogen) atoms. The lowest BCUT2D eigenvalue weighted by Gasteiger charge is -2.38. The largest absolute Gasteiger partial charge is 0.508 e. The molecular weight excluding hydrogens is 398 g/mol. The van der Waals surface area contributed by atoms with Crippen molar-refractivity contribution in [1.82, 2.24) is 4.90 Å². The van der Waals surface area contributed by atoms with Gasteiger partial charge >= 0.3 is 11.9 Å². The van der Waals surface area contributed by atoms with Crippen LogP contribution in [0, 0.1) is 0 Å².